The summed E-state index contributed by atoms with van der Waals surface area (Å²) in [4.78, 5) is 41.5. The maximum absolute atomic E-state index is 13.3. The molecule has 2 unspecified atom stereocenters. The molecular formula is C26H27BrN2O3. The number of hydrogen-bond donors (Lipinski definition) is 1. The van der Waals surface area contributed by atoms with E-state index in [1.54, 1.807) is 30.3 Å². The Balaban J connectivity index is 1.55. The molecular weight excluding hydrogens is 468 g/mol. The van der Waals surface area contributed by atoms with E-state index in [4.69, 9.17) is 0 Å². The van der Waals surface area contributed by atoms with Gasteiger partial charge in [0.1, 0.15) is 0 Å². The summed E-state index contributed by atoms with van der Waals surface area (Å²) in [6.07, 6.45) is 8.27. The first kappa shape index (κ1) is 22.5. The zero-order chi connectivity index (χ0) is 22.5. The first-order chi connectivity index (χ1) is 15.5. The lowest BCUT2D eigenvalue weighted by molar-refractivity contribution is -0.141. The fourth-order valence-corrected chi connectivity index (χ4v) is 4.87. The Morgan fingerprint density at radius 1 is 0.875 bits per heavy atom. The van der Waals surface area contributed by atoms with Crippen molar-refractivity contribution in [1.29, 1.82) is 0 Å². The molecule has 0 spiro atoms. The fraction of sp³-hybridized carbons (Fsp3) is 0.346. The first-order valence-electron chi connectivity index (χ1n) is 11.2. The molecule has 1 aliphatic heterocycles. The van der Waals surface area contributed by atoms with Crippen LogP contribution in [0.3, 0.4) is 0 Å². The highest BCUT2D eigenvalue weighted by Gasteiger charge is 2.37. The van der Waals surface area contributed by atoms with Gasteiger partial charge in [0.15, 0.2) is 5.78 Å². The molecule has 1 saturated heterocycles. The minimum absolute atomic E-state index is 0.0746. The Morgan fingerprint density at radius 3 is 2.28 bits per heavy atom. The molecule has 2 amide bonds. The number of rotatable bonds is 5. The van der Waals surface area contributed by atoms with Crippen LogP contribution in [0.4, 0.5) is 5.69 Å². The van der Waals surface area contributed by atoms with Gasteiger partial charge in [-0.25, -0.2) is 0 Å². The highest BCUT2D eigenvalue weighted by Crippen LogP contribution is 2.31. The third-order valence-electron chi connectivity index (χ3n) is 6.27. The highest BCUT2D eigenvalue weighted by atomic mass is 79.9. The van der Waals surface area contributed by atoms with Crippen LogP contribution in [0.5, 0.6) is 0 Å². The van der Waals surface area contributed by atoms with Gasteiger partial charge in [-0.2, -0.15) is 0 Å². The minimum atomic E-state index is -0.447. The Labute approximate surface area is 197 Å². The Kier molecular flexibility index (Phi) is 7.20. The molecule has 1 aliphatic carbocycles. The van der Waals surface area contributed by atoms with E-state index in [1.807, 2.05) is 35.3 Å². The number of benzene rings is 2. The predicted molar refractivity (Wildman–Crippen MR) is 128 cm³/mol. The number of piperidine rings is 1. The van der Waals surface area contributed by atoms with Crippen molar-refractivity contribution in [3.8, 4) is 0 Å². The van der Waals surface area contributed by atoms with Gasteiger partial charge in [-0.15, -0.1) is 0 Å². The largest absolute Gasteiger partial charge is 0.342 e. The van der Waals surface area contributed by atoms with Crippen LogP contribution in [0.15, 0.2) is 65.2 Å². The summed E-state index contributed by atoms with van der Waals surface area (Å²) in [6.45, 7) is 1.55. The van der Waals surface area contributed by atoms with Crippen molar-refractivity contribution < 1.29 is 14.4 Å². The zero-order valence-corrected chi connectivity index (χ0v) is 19.5. The molecule has 0 radical (unpaired) electrons. The van der Waals surface area contributed by atoms with Crippen LogP contribution >= 0.6 is 15.9 Å². The average molecular weight is 495 g/mol. The molecule has 2 aromatic rings. The van der Waals surface area contributed by atoms with Gasteiger partial charge in [0.25, 0.3) is 0 Å². The van der Waals surface area contributed by atoms with E-state index in [0.29, 0.717) is 29.7 Å². The van der Waals surface area contributed by atoms with Crippen LogP contribution in [0.25, 0.3) is 0 Å². The van der Waals surface area contributed by atoms with Gasteiger partial charge in [-0.3, -0.25) is 14.4 Å². The lowest BCUT2D eigenvalue weighted by Crippen LogP contribution is -2.45. The van der Waals surface area contributed by atoms with Crippen LogP contribution in [-0.4, -0.2) is 35.6 Å². The number of halogens is 1. The second-order valence-corrected chi connectivity index (χ2v) is 9.33. The number of hydrogen-bond acceptors (Lipinski definition) is 3. The fourth-order valence-electron chi connectivity index (χ4n) is 4.51. The maximum Gasteiger partial charge on any atom is 0.228 e. The van der Waals surface area contributed by atoms with Gasteiger partial charge < -0.3 is 10.2 Å². The highest BCUT2D eigenvalue weighted by molar-refractivity contribution is 9.10. The van der Waals surface area contributed by atoms with Crippen LogP contribution in [0.1, 0.15) is 48.0 Å². The molecule has 5 nitrogen and oxygen atoms in total. The summed E-state index contributed by atoms with van der Waals surface area (Å²) in [5.41, 5.74) is 1.44. The van der Waals surface area contributed by atoms with Crippen molar-refractivity contribution in [1.82, 2.24) is 4.90 Å². The summed E-state index contributed by atoms with van der Waals surface area (Å²) >= 11 is 3.43. The van der Waals surface area contributed by atoms with Crippen LogP contribution in [0.2, 0.25) is 0 Å². The zero-order valence-electron chi connectivity index (χ0n) is 17.9. The SMILES string of the molecule is O=C(c1ccccc1)c1cc(Br)ccc1NC(=O)C1CC=CCC1C(=O)N1CCCCC1. The molecule has 6 heteroatoms. The minimum Gasteiger partial charge on any atom is -0.342 e. The van der Waals surface area contributed by atoms with E-state index in [-0.39, 0.29) is 23.5 Å². The lowest BCUT2D eigenvalue weighted by Gasteiger charge is -2.34. The second-order valence-electron chi connectivity index (χ2n) is 8.42. The van der Waals surface area contributed by atoms with E-state index in [2.05, 4.69) is 21.2 Å². The lowest BCUT2D eigenvalue weighted by atomic mass is 9.81. The van der Waals surface area contributed by atoms with Crippen molar-refractivity contribution >= 4 is 39.2 Å². The monoisotopic (exact) mass is 494 g/mol. The van der Waals surface area contributed by atoms with E-state index >= 15 is 0 Å². The van der Waals surface area contributed by atoms with Crippen molar-refractivity contribution in [3.05, 3.63) is 76.3 Å². The Bertz CT molecular complexity index is 1030. The second kappa shape index (κ2) is 10.3. The molecule has 0 aromatic heterocycles. The molecule has 1 heterocycles. The summed E-state index contributed by atoms with van der Waals surface area (Å²) in [7, 11) is 0. The molecule has 2 atom stereocenters. The molecule has 32 heavy (non-hydrogen) atoms. The van der Waals surface area contributed by atoms with Crippen molar-refractivity contribution in [2.45, 2.75) is 32.1 Å². The molecule has 166 valence electrons. The summed E-state index contributed by atoms with van der Waals surface area (Å²) in [5.74, 6) is -1.11. The number of amides is 2. The number of nitrogens with one attached hydrogen (secondary N) is 1. The number of nitrogens with zero attached hydrogens (tertiary/aromatic N) is 1. The van der Waals surface area contributed by atoms with E-state index < -0.39 is 5.92 Å². The quantitative estimate of drug-likeness (QED) is 0.457. The molecule has 4 rings (SSSR count). The Hall–Kier alpha value is -2.73. The van der Waals surface area contributed by atoms with Gasteiger partial charge >= 0.3 is 0 Å². The summed E-state index contributed by atoms with van der Waals surface area (Å²) in [5, 5.41) is 2.96. The topological polar surface area (TPSA) is 66.5 Å². The smallest absolute Gasteiger partial charge is 0.228 e. The summed E-state index contributed by atoms with van der Waals surface area (Å²) < 4.78 is 0.758. The maximum atomic E-state index is 13.3. The molecule has 2 aromatic carbocycles. The predicted octanol–water partition coefficient (Wildman–Crippen LogP) is 5.21. The number of carbonyl (C=O) groups excluding carboxylic acids is 3. The molecule has 0 bridgehead atoms. The summed E-state index contributed by atoms with van der Waals surface area (Å²) in [6, 6.07) is 14.3. The Morgan fingerprint density at radius 2 is 1.56 bits per heavy atom. The number of allylic oxidation sites excluding steroid dienone is 2. The average Bonchev–Trinajstić information content (AvgIpc) is 2.85. The third kappa shape index (κ3) is 5.01. The van der Waals surface area contributed by atoms with Gasteiger partial charge in [0, 0.05) is 28.7 Å². The standard InChI is InChI=1S/C26H27BrN2O3/c27-19-13-14-23(22(17-19)24(30)18-9-3-1-4-10-18)28-25(31)20-11-5-6-12-21(20)26(32)29-15-7-2-8-16-29/h1,3-6,9-10,13-14,17,20-21H,2,7-8,11-12,15-16H2,(H,28,31). The van der Waals surface area contributed by atoms with Gasteiger partial charge in [-0.05, 0) is 50.3 Å². The van der Waals surface area contributed by atoms with Crippen LogP contribution < -0.4 is 5.32 Å². The molecule has 0 saturated carbocycles. The molecule has 1 fully saturated rings. The van der Waals surface area contributed by atoms with E-state index in [9.17, 15) is 14.4 Å². The molecule has 1 N–H and O–H groups in total. The van der Waals surface area contributed by atoms with E-state index in [0.717, 1.165) is 36.8 Å². The van der Waals surface area contributed by atoms with Gasteiger partial charge in [-0.1, -0.05) is 58.4 Å². The van der Waals surface area contributed by atoms with Gasteiger partial charge in [0.2, 0.25) is 11.8 Å². The van der Waals surface area contributed by atoms with Crippen LogP contribution in [0, 0.1) is 11.8 Å². The number of ketones is 1. The number of anilines is 1. The number of likely N-dealkylation sites (tertiary alicyclic amines) is 1. The van der Waals surface area contributed by atoms with Crippen LogP contribution in [-0.2, 0) is 9.59 Å². The van der Waals surface area contributed by atoms with E-state index in [1.165, 1.54) is 0 Å². The van der Waals surface area contributed by atoms with Crippen molar-refractivity contribution in [2.75, 3.05) is 18.4 Å². The third-order valence-corrected chi connectivity index (χ3v) is 6.77. The first-order valence-corrected chi connectivity index (χ1v) is 12.0. The normalized spacial score (nSPS) is 20.6. The van der Waals surface area contributed by atoms with Crippen molar-refractivity contribution in [3.63, 3.8) is 0 Å². The molecule has 2 aliphatic rings. The van der Waals surface area contributed by atoms with Gasteiger partial charge in [0.05, 0.1) is 17.5 Å². The van der Waals surface area contributed by atoms with Crippen molar-refractivity contribution in [2.24, 2.45) is 11.8 Å². The number of carbonyl (C=O) groups is 3.